The van der Waals surface area contributed by atoms with Gasteiger partial charge in [0.25, 0.3) is 10.1 Å². The largest absolute Gasteiger partial charge is 0.364 e. The van der Waals surface area contributed by atoms with Crippen molar-refractivity contribution in [2.45, 2.75) is 37.1 Å². The van der Waals surface area contributed by atoms with E-state index in [0.29, 0.717) is 17.2 Å². The summed E-state index contributed by atoms with van der Waals surface area (Å²) in [7, 11) is -0.182. The molecule has 8 rings (SSSR count). The Morgan fingerprint density at radius 3 is 2.45 bits per heavy atom. The zero-order chi connectivity index (χ0) is 30.5. The van der Waals surface area contributed by atoms with Crippen molar-refractivity contribution >= 4 is 65.9 Å². The molecule has 1 saturated carbocycles. The zero-order valence-corrected chi connectivity index (χ0v) is 26.5. The molecule has 3 atom stereocenters. The van der Waals surface area contributed by atoms with Crippen LogP contribution in [0.25, 0.3) is 38.5 Å². The smallest absolute Gasteiger partial charge is 0.295 e. The fourth-order valence-electron chi connectivity index (χ4n) is 8.14. The molecule has 222 valence electrons. The molecule has 3 unspecified atom stereocenters. The Kier molecular flexibility index (Phi) is 6.19. The SMILES string of the molecule is Cc1ccc2c3c(cccc13)C(/C=C/C1=C(Cl)C(=C/C=c3c4cccc5c(S(=O)(=O)O)ccc(c54)n3C)/C3CCC1C3)N2C. The first-order chi connectivity index (χ1) is 21.1. The molecule has 4 aromatic carbocycles. The van der Waals surface area contributed by atoms with Gasteiger partial charge >= 0.3 is 0 Å². The highest BCUT2D eigenvalue weighted by Crippen LogP contribution is 2.51. The van der Waals surface area contributed by atoms with Gasteiger partial charge in [-0.2, -0.15) is 8.42 Å². The molecule has 1 fully saturated rings. The van der Waals surface area contributed by atoms with E-state index in [-0.39, 0.29) is 10.9 Å². The van der Waals surface area contributed by atoms with Gasteiger partial charge in [-0.15, -0.1) is 0 Å². The highest BCUT2D eigenvalue weighted by Gasteiger charge is 2.37. The van der Waals surface area contributed by atoms with Crippen LogP contribution >= 0.6 is 11.6 Å². The van der Waals surface area contributed by atoms with Crippen molar-refractivity contribution < 1.29 is 13.0 Å². The summed E-state index contributed by atoms with van der Waals surface area (Å²) in [5.74, 6) is 0.888. The molecule has 5 aromatic rings. The molecule has 2 heterocycles. The van der Waals surface area contributed by atoms with Crippen molar-refractivity contribution in [3.8, 4) is 0 Å². The average molecular weight is 621 g/mol. The Labute approximate surface area is 262 Å². The van der Waals surface area contributed by atoms with Crippen LogP contribution in [0.2, 0.25) is 0 Å². The minimum absolute atomic E-state index is 0.0693. The normalized spacial score (nSPS) is 23.2. The lowest BCUT2D eigenvalue weighted by Crippen LogP contribution is -2.18. The van der Waals surface area contributed by atoms with Gasteiger partial charge in [-0.1, -0.05) is 72.3 Å². The Morgan fingerprint density at radius 1 is 0.886 bits per heavy atom. The van der Waals surface area contributed by atoms with Crippen LogP contribution in [0.4, 0.5) is 5.69 Å². The maximum absolute atomic E-state index is 12.1. The molecule has 3 aliphatic rings. The third kappa shape index (κ3) is 3.97. The van der Waals surface area contributed by atoms with E-state index in [1.165, 1.54) is 44.8 Å². The lowest BCUT2D eigenvalue weighted by Gasteiger charge is -2.25. The first-order valence-electron chi connectivity index (χ1n) is 15.2. The third-order valence-electron chi connectivity index (χ3n) is 10.3. The number of hydrogen-bond acceptors (Lipinski definition) is 3. The average Bonchev–Trinajstić information content (AvgIpc) is 3.64. The highest BCUT2D eigenvalue weighted by molar-refractivity contribution is 7.86. The second-order valence-electron chi connectivity index (χ2n) is 12.6. The minimum atomic E-state index is -4.35. The van der Waals surface area contributed by atoms with Crippen molar-refractivity contribution in [3.05, 3.63) is 112 Å². The van der Waals surface area contributed by atoms with Crippen molar-refractivity contribution in [2.24, 2.45) is 18.9 Å². The fourth-order valence-corrected chi connectivity index (χ4v) is 9.26. The van der Waals surface area contributed by atoms with Gasteiger partial charge in [0.05, 0.1) is 6.04 Å². The Balaban J connectivity index is 1.22. The van der Waals surface area contributed by atoms with Gasteiger partial charge in [0, 0.05) is 57.2 Å². The van der Waals surface area contributed by atoms with E-state index in [9.17, 15) is 13.0 Å². The number of likely N-dealkylation sites (N-methyl/N-ethyl adjacent to an activating group) is 1. The summed E-state index contributed by atoms with van der Waals surface area (Å²) in [5.41, 5.74) is 7.22. The van der Waals surface area contributed by atoms with E-state index in [1.54, 1.807) is 12.1 Å². The molecule has 7 heteroatoms. The van der Waals surface area contributed by atoms with Crippen LogP contribution in [0, 0.1) is 18.8 Å². The molecule has 1 aromatic heterocycles. The lowest BCUT2D eigenvalue weighted by molar-refractivity contribution is 0.484. The van der Waals surface area contributed by atoms with Gasteiger partial charge in [-0.3, -0.25) is 4.55 Å². The number of benzene rings is 4. The van der Waals surface area contributed by atoms with Crippen molar-refractivity contribution in [2.75, 3.05) is 11.9 Å². The number of fused-ring (bicyclic) bond motifs is 2. The lowest BCUT2D eigenvalue weighted by atomic mass is 9.84. The quantitative estimate of drug-likeness (QED) is 0.206. The number of aryl methyl sites for hydroxylation is 2. The maximum Gasteiger partial charge on any atom is 0.295 e. The summed E-state index contributed by atoms with van der Waals surface area (Å²) in [4.78, 5) is 2.30. The third-order valence-corrected chi connectivity index (χ3v) is 11.7. The van der Waals surface area contributed by atoms with Crippen molar-refractivity contribution in [1.82, 2.24) is 4.57 Å². The summed E-state index contributed by atoms with van der Waals surface area (Å²) in [6.45, 7) is 2.18. The predicted molar refractivity (Wildman–Crippen MR) is 181 cm³/mol. The molecular formula is C37H33ClN2O3S. The van der Waals surface area contributed by atoms with E-state index < -0.39 is 10.1 Å². The molecular weight excluding hydrogens is 588 g/mol. The van der Waals surface area contributed by atoms with E-state index in [0.717, 1.165) is 45.9 Å². The molecule has 2 aliphatic carbocycles. The van der Waals surface area contributed by atoms with Gasteiger partial charge < -0.3 is 9.47 Å². The standard InChI is InChI=1S/C37H33ClN2O3S/c1-21-10-15-32-35-24(21)6-4-7-27(35)30(39(32)2)16-13-25-22-11-12-23(20-22)26(37(25)38)14-17-31-28-8-5-9-29-34(44(41,42)43)19-18-33(36(28)29)40(31)3/h4-10,13-19,22-23,30H,11-12,20H2,1-3H3,(H,41,42,43)/b16-13+,26-14+,31-17?. The van der Waals surface area contributed by atoms with E-state index in [4.69, 9.17) is 11.6 Å². The molecule has 44 heavy (non-hydrogen) atoms. The van der Waals surface area contributed by atoms with Crippen LogP contribution in [0.15, 0.2) is 100.0 Å². The van der Waals surface area contributed by atoms with Gasteiger partial charge in [0.1, 0.15) is 4.90 Å². The number of hydrogen-bond donors (Lipinski definition) is 1. The molecule has 2 bridgehead atoms. The summed E-state index contributed by atoms with van der Waals surface area (Å²) in [6.07, 6.45) is 12.2. The molecule has 0 spiro atoms. The predicted octanol–water partition coefficient (Wildman–Crippen LogP) is 8.14. The Bertz CT molecular complexity index is 2310. The summed E-state index contributed by atoms with van der Waals surface area (Å²) in [5, 5.41) is 6.79. The number of anilines is 1. The first-order valence-corrected chi connectivity index (χ1v) is 17.0. The van der Waals surface area contributed by atoms with Crippen LogP contribution in [-0.2, 0) is 17.2 Å². The second-order valence-corrected chi connectivity index (χ2v) is 14.3. The van der Waals surface area contributed by atoms with Crippen LogP contribution < -0.4 is 10.2 Å². The topological polar surface area (TPSA) is 62.5 Å². The Hall–Kier alpha value is -3.84. The van der Waals surface area contributed by atoms with Gasteiger partial charge in [0.15, 0.2) is 0 Å². The van der Waals surface area contributed by atoms with Crippen LogP contribution in [-0.4, -0.2) is 24.6 Å². The highest BCUT2D eigenvalue weighted by atomic mass is 35.5. The molecule has 1 aliphatic heterocycles. The second kappa shape index (κ2) is 9.83. The molecule has 1 N–H and O–H groups in total. The van der Waals surface area contributed by atoms with Gasteiger partial charge in [-0.25, -0.2) is 0 Å². The molecule has 0 radical (unpaired) electrons. The minimum Gasteiger partial charge on any atom is -0.364 e. The van der Waals surface area contributed by atoms with Gasteiger partial charge in [-0.05, 0) is 90.0 Å². The van der Waals surface area contributed by atoms with Gasteiger partial charge in [0.2, 0.25) is 0 Å². The Morgan fingerprint density at radius 2 is 1.64 bits per heavy atom. The molecule has 0 saturated heterocycles. The molecule has 0 amide bonds. The van der Waals surface area contributed by atoms with E-state index in [1.807, 2.05) is 19.2 Å². The monoisotopic (exact) mass is 620 g/mol. The maximum atomic E-state index is 12.1. The van der Waals surface area contributed by atoms with Crippen LogP contribution in [0.3, 0.4) is 0 Å². The fraction of sp³-hybridized carbons (Fsp3) is 0.243. The van der Waals surface area contributed by atoms with E-state index in [2.05, 4.69) is 78.1 Å². The summed E-state index contributed by atoms with van der Waals surface area (Å²) < 4.78 is 36.1. The number of nitrogens with zero attached hydrogens (tertiary/aromatic N) is 2. The zero-order valence-electron chi connectivity index (χ0n) is 24.9. The van der Waals surface area contributed by atoms with Crippen molar-refractivity contribution in [3.63, 3.8) is 0 Å². The summed E-state index contributed by atoms with van der Waals surface area (Å²) in [6, 6.07) is 20.1. The van der Waals surface area contributed by atoms with Crippen molar-refractivity contribution in [1.29, 1.82) is 0 Å². The van der Waals surface area contributed by atoms with Crippen LogP contribution in [0.5, 0.6) is 0 Å². The number of halogens is 1. The molecule has 5 nitrogen and oxygen atoms in total. The first kappa shape index (κ1) is 27.7. The number of rotatable bonds is 4. The number of aromatic nitrogens is 1. The number of allylic oxidation sites excluding steroid dienone is 5. The summed E-state index contributed by atoms with van der Waals surface area (Å²) >= 11 is 7.26. The van der Waals surface area contributed by atoms with Crippen LogP contribution in [0.1, 0.15) is 36.4 Å². The van der Waals surface area contributed by atoms with E-state index >= 15 is 0 Å².